The second kappa shape index (κ2) is 5.42. The number of nitrogens with zero attached hydrogens (tertiary/aromatic N) is 2. The topological polar surface area (TPSA) is 68.0 Å². The highest BCUT2D eigenvalue weighted by atomic mass is 127. The van der Waals surface area contributed by atoms with Gasteiger partial charge < -0.3 is 9.84 Å². The summed E-state index contributed by atoms with van der Waals surface area (Å²) >= 11 is 1.91. The van der Waals surface area contributed by atoms with Crippen LogP contribution in [0.1, 0.15) is 22.1 Å². The lowest BCUT2D eigenvalue weighted by Crippen LogP contribution is -2.24. The molecule has 1 amide bonds. The Labute approximate surface area is 116 Å². The van der Waals surface area contributed by atoms with E-state index in [1.165, 1.54) is 18.2 Å². The van der Waals surface area contributed by atoms with Crippen LogP contribution < -0.4 is 5.32 Å². The van der Waals surface area contributed by atoms with E-state index >= 15 is 0 Å². The molecule has 1 N–H and O–H groups in total. The number of carbonyl (C=O) groups is 1. The van der Waals surface area contributed by atoms with Gasteiger partial charge in [0.05, 0.1) is 12.1 Å². The van der Waals surface area contributed by atoms with Gasteiger partial charge in [0.25, 0.3) is 5.91 Å². The fourth-order valence-electron chi connectivity index (χ4n) is 1.34. The van der Waals surface area contributed by atoms with E-state index in [9.17, 15) is 9.18 Å². The van der Waals surface area contributed by atoms with Crippen molar-refractivity contribution in [1.29, 1.82) is 0 Å². The normalized spacial score (nSPS) is 10.4. The van der Waals surface area contributed by atoms with Crippen LogP contribution in [0.3, 0.4) is 0 Å². The number of rotatable bonds is 3. The minimum atomic E-state index is -0.371. The van der Waals surface area contributed by atoms with E-state index in [1.54, 1.807) is 6.92 Å². The molecule has 7 heteroatoms. The Balaban J connectivity index is 2.03. The lowest BCUT2D eigenvalue weighted by Gasteiger charge is -2.04. The summed E-state index contributed by atoms with van der Waals surface area (Å²) in [5, 5.41) is 6.29. The van der Waals surface area contributed by atoms with Crippen molar-refractivity contribution < 1.29 is 13.7 Å². The molecule has 0 aliphatic heterocycles. The van der Waals surface area contributed by atoms with Gasteiger partial charge in [-0.2, -0.15) is 4.98 Å². The molecule has 0 aliphatic rings. The van der Waals surface area contributed by atoms with E-state index in [0.717, 1.165) is 0 Å². The van der Waals surface area contributed by atoms with Crippen molar-refractivity contribution in [2.24, 2.45) is 0 Å². The maximum Gasteiger partial charge on any atom is 0.252 e. The zero-order chi connectivity index (χ0) is 13.1. The smallest absolute Gasteiger partial charge is 0.252 e. The third-order valence-electron chi connectivity index (χ3n) is 2.15. The number of hydrogen-bond acceptors (Lipinski definition) is 4. The van der Waals surface area contributed by atoms with Crippen molar-refractivity contribution in [3.63, 3.8) is 0 Å². The van der Waals surface area contributed by atoms with Gasteiger partial charge in [-0.05, 0) is 40.8 Å². The van der Waals surface area contributed by atoms with Crippen molar-refractivity contribution in [1.82, 2.24) is 15.5 Å². The highest BCUT2D eigenvalue weighted by molar-refractivity contribution is 14.1. The van der Waals surface area contributed by atoms with Crippen molar-refractivity contribution in [2.45, 2.75) is 13.5 Å². The first-order valence-corrected chi connectivity index (χ1v) is 6.16. The van der Waals surface area contributed by atoms with Crippen LogP contribution in [-0.4, -0.2) is 16.0 Å². The molecule has 2 rings (SSSR count). The Hall–Kier alpha value is -1.51. The van der Waals surface area contributed by atoms with Gasteiger partial charge in [-0.1, -0.05) is 5.16 Å². The summed E-state index contributed by atoms with van der Waals surface area (Å²) in [7, 11) is 0. The van der Waals surface area contributed by atoms with E-state index in [4.69, 9.17) is 4.52 Å². The fraction of sp³-hybridized carbons (Fsp3) is 0.182. The largest absolute Gasteiger partial charge is 0.345 e. The molecule has 0 spiro atoms. The predicted octanol–water partition coefficient (Wildman–Crippen LogP) is 2.05. The van der Waals surface area contributed by atoms with Gasteiger partial charge in [-0.15, -0.1) is 0 Å². The number of aromatic nitrogens is 2. The maximum absolute atomic E-state index is 12.9. The molecule has 0 saturated carbocycles. The molecule has 5 nitrogen and oxygen atoms in total. The second-order valence-electron chi connectivity index (χ2n) is 3.54. The minimum absolute atomic E-state index is 0.170. The van der Waals surface area contributed by atoms with Crippen LogP contribution in [-0.2, 0) is 6.54 Å². The van der Waals surface area contributed by atoms with E-state index in [2.05, 4.69) is 15.5 Å². The lowest BCUT2D eigenvalue weighted by atomic mass is 10.2. The first kappa shape index (κ1) is 12.9. The Bertz CT molecular complexity index is 585. The summed E-state index contributed by atoms with van der Waals surface area (Å²) < 4.78 is 18.2. The van der Waals surface area contributed by atoms with Crippen molar-refractivity contribution in [3.05, 3.63) is 44.9 Å². The summed E-state index contributed by atoms with van der Waals surface area (Å²) in [6.07, 6.45) is 0. The predicted molar refractivity (Wildman–Crippen MR) is 69.3 cm³/mol. The van der Waals surface area contributed by atoms with Gasteiger partial charge in [0.2, 0.25) is 5.89 Å². The molecule has 0 aliphatic carbocycles. The number of halogens is 2. The van der Waals surface area contributed by atoms with E-state index in [-0.39, 0.29) is 18.3 Å². The zero-order valence-corrected chi connectivity index (χ0v) is 11.6. The van der Waals surface area contributed by atoms with Crippen molar-refractivity contribution >= 4 is 28.5 Å². The van der Waals surface area contributed by atoms with E-state index < -0.39 is 0 Å². The number of amides is 1. The minimum Gasteiger partial charge on any atom is -0.345 e. The Morgan fingerprint density at radius 2 is 2.33 bits per heavy atom. The molecular formula is C11H9FIN3O2. The maximum atomic E-state index is 12.9. The molecule has 0 bridgehead atoms. The molecular weight excluding hydrogens is 352 g/mol. The van der Waals surface area contributed by atoms with Crippen LogP contribution in [0.2, 0.25) is 0 Å². The van der Waals surface area contributed by atoms with Crippen LogP contribution >= 0.6 is 22.6 Å². The standard InChI is InChI=1S/C11H9FIN3O2/c1-6-15-10(16-18-6)5-14-11(17)8-3-2-7(12)4-9(8)13/h2-4H,5H2,1H3,(H,14,17). The number of nitrogens with one attached hydrogen (secondary N) is 1. The van der Waals surface area contributed by atoms with Crippen LogP contribution in [0.5, 0.6) is 0 Å². The molecule has 0 unspecified atom stereocenters. The SMILES string of the molecule is Cc1nc(CNC(=O)c2ccc(F)cc2I)no1. The number of benzene rings is 1. The Kier molecular flexibility index (Phi) is 3.90. The molecule has 1 aromatic heterocycles. The average Bonchev–Trinajstić information content (AvgIpc) is 2.72. The van der Waals surface area contributed by atoms with Crippen LogP contribution in [0, 0.1) is 16.3 Å². The number of carbonyl (C=O) groups excluding carboxylic acids is 1. The van der Waals surface area contributed by atoms with Crippen molar-refractivity contribution in [3.8, 4) is 0 Å². The monoisotopic (exact) mass is 361 g/mol. The van der Waals surface area contributed by atoms with E-state index in [0.29, 0.717) is 20.8 Å². The number of aryl methyl sites for hydroxylation is 1. The summed E-state index contributed by atoms with van der Waals surface area (Å²) in [5.74, 6) is 0.167. The van der Waals surface area contributed by atoms with Gasteiger partial charge >= 0.3 is 0 Å². The molecule has 18 heavy (non-hydrogen) atoms. The summed E-state index contributed by atoms with van der Waals surface area (Å²) in [6, 6.07) is 3.98. The van der Waals surface area contributed by atoms with Gasteiger partial charge in [-0.3, -0.25) is 4.79 Å². The summed E-state index contributed by atoms with van der Waals surface area (Å²) in [6.45, 7) is 1.84. The quantitative estimate of drug-likeness (QED) is 0.850. The third kappa shape index (κ3) is 3.03. The molecule has 0 fully saturated rings. The molecule has 1 aromatic carbocycles. The first-order chi connectivity index (χ1) is 8.56. The van der Waals surface area contributed by atoms with Gasteiger partial charge in [0, 0.05) is 10.5 Å². The van der Waals surface area contributed by atoms with Crippen molar-refractivity contribution in [2.75, 3.05) is 0 Å². The number of hydrogen-bond donors (Lipinski definition) is 1. The summed E-state index contributed by atoms with van der Waals surface area (Å²) in [5.41, 5.74) is 0.414. The Morgan fingerprint density at radius 3 is 2.94 bits per heavy atom. The third-order valence-corrected chi connectivity index (χ3v) is 3.04. The zero-order valence-electron chi connectivity index (χ0n) is 9.41. The highest BCUT2D eigenvalue weighted by Crippen LogP contribution is 2.13. The van der Waals surface area contributed by atoms with Crippen LogP contribution in [0.15, 0.2) is 22.7 Å². The van der Waals surface area contributed by atoms with E-state index in [1.807, 2.05) is 22.6 Å². The van der Waals surface area contributed by atoms with Gasteiger partial charge in [-0.25, -0.2) is 4.39 Å². The lowest BCUT2D eigenvalue weighted by molar-refractivity contribution is 0.0948. The average molecular weight is 361 g/mol. The molecule has 1 heterocycles. The molecule has 0 saturated heterocycles. The van der Waals surface area contributed by atoms with Gasteiger partial charge in [0.15, 0.2) is 5.82 Å². The second-order valence-corrected chi connectivity index (χ2v) is 4.70. The Morgan fingerprint density at radius 1 is 1.56 bits per heavy atom. The summed E-state index contributed by atoms with van der Waals surface area (Å²) in [4.78, 5) is 15.8. The molecule has 0 radical (unpaired) electrons. The molecule has 2 aromatic rings. The fourth-order valence-corrected chi connectivity index (χ4v) is 2.06. The first-order valence-electron chi connectivity index (χ1n) is 5.08. The highest BCUT2D eigenvalue weighted by Gasteiger charge is 2.11. The molecule has 94 valence electrons. The van der Waals surface area contributed by atoms with Crippen LogP contribution in [0.25, 0.3) is 0 Å². The molecule has 0 atom stereocenters. The van der Waals surface area contributed by atoms with Gasteiger partial charge in [0.1, 0.15) is 5.82 Å². The van der Waals surface area contributed by atoms with Crippen LogP contribution in [0.4, 0.5) is 4.39 Å².